The van der Waals surface area contributed by atoms with Crippen LogP contribution in [0.2, 0.25) is 0 Å². The van der Waals surface area contributed by atoms with Crippen LogP contribution in [0.4, 0.5) is 0 Å². The highest BCUT2D eigenvalue weighted by molar-refractivity contribution is 8.00. The highest BCUT2D eigenvalue weighted by atomic mass is 32.2. The van der Waals surface area contributed by atoms with Crippen molar-refractivity contribution in [2.75, 3.05) is 6.61 Å². The molecular weight excluding hydrogens is 312 g/mol. The lowest BCUT2D eigenvalue weighted by Gasteiger charge is -2.09. The lowest BCUT2D eigenvalue weighted by Crippen LogP contribution is -2.16. The minimum absolute atomic E-state index is 0.250. The van der Waals surface area contributed by atoms with Crippen molar-refractivity contribution in [3.8, 4) is 5.69 Å². The van der Waals surface area contributed by atoms with Crippen LogP contribution in [0.5, 0.6) is 0 Å². The number of hydrogen-bond donors (Lipinski definition) is 0. The van der Waals surface area contributed by atoms with E-state index in [-0.39, 0.29) is 11.2 Å². The van der Waals surface area contributed by atoms with Gasteiger partial charge in [0.25, 0.3) is 0 Å². The minimum Gasteiger partial charge on any atom is -0.465 e. The predicted molar refractivity (Wildman–Crippen MR) is 88.6 cm³/mol. The van der Waals surface area contributed by atoms with Crippen molar-refractivity contribution in [1.29, 1.82) is 0 Å². The van der Waals surface area contributed by atoms with E-state index in [0.717, 1.165) is 16.1 Å². The van der Waals surface area contributed by atoms with Crippen LogP contribution in [0, 0.1) is 0 Å². The van der Waals surface area contributed by atoms with Gasteiger partial charge in [-0.3, -0.25) is 4.79 Å². The highest BCUT2D eigenvalue weighted by Gasteiger charge is 2.19. The SMILES string of the molecule is CCOC(=O)C(C)Sc1ncnc2c1cnn2-c1ccccc1. The Morgan fingerprint density at radius 3 is 2.83 bits per heavy atom. The molecule has 0 aliphatic rings. The lowest BCUT2D eigenvalue weighted by atomic mass is 10.3. The largest absolute Gasteiger partial charge is 0.465 e. The molecule has 1 unspecified atom stereocenters. The highest BCUT2D eigenvalue weighted by Crippen LogP contribution is 2.29. The Balaban J connectivity index is 1.95. The Morgan fingerprint density at radius 1 is 1.30 bits per heavy atom. The summed E-state index contributed by atoms with van der Waals surface area (Å²) in [6, 6.07) is 9.77. The Kier molecular flexibility index (Phi) is 4.57. The maximum absolute atomic E-state index is 11.8. The first-order valence-electron chi connectivity index (χ1n) is 7.28. The normalized spacial score (nSPS) is 12.3. The fourth-order valence-corrected chi connectivity index (χ4v) is 3.03. The van der Waals surface area contributed by atoms with Gasteiger partial charge in [0.05, 0.1) is 23.9 Å². The smallest absolute Gasteiger partial charge is 0.319 e. The third-order valence-electron chi connectivity index (χ3n) is 3.24. The summed E-state index contributed by atoms with van der Waals surface area (Å²) >= 11 is 1.35. The van der Waals surface area contributed by atoms with E-state index < -0.39 is 0 Å². The van der Waals surface area contributed by atoms with E-state index in [0.29, 0.717) is 12.3 Å². The van der Waals surface area contributed by atoms with Crippen LogP contribution < -0.4 is 0 Å². The van der Waals surface area contributed by atoms with Crippen molar-refractivity contribution in [2.24, 2.45) is 0 Å². The van der Waals surface area contributed by atoms with Gasteiger partial charge in [-0.2, -0.15) is 5.10 Å². The molecular formula is C16H16N4O2S. The molecule has 7 heteroatoms. The maximum Gasteiger partial charge on any atom is 0.319 e. The average Bonchev–Trinajstić information content (AvgIpc) is 3.01. The number of carbonyl (C=O) groups excluding carboxylic acids is 1. The molecule has 118 valence electrons. The molecule has 0 radical (unpaired) electrons. The van der Waals surface area contributed by atoms with Gasteiger partial charge in [-0.25, -0.2) is 14.6 Å². The Labute approximate surface area is 137 Å². The van der Waals surface area contributed by atoms with Crippen molar-refractivity contribution < 1.29 is 9.53 Å². The second-order valence-corrected chi connectivity index (χ2v) is 6.15. The third kappa shape index (κ3) is 3.19. The first-order valence-corrected chi connectivity index (χ1v) is 8.16. The van der Waals surface area contributed by atoms with E-state index in [9.17, 15) is 4.79 Å². The number of benzene rings is 1. The zero-order chi connectivity index (χ0) is 16.2. The summed E-state index contributed by atoms with van der Waals surface area (Å²) in [6.45, 7) is 3.97. The number of aromatic nitrogens is 4. The van der Waals surface area contributed by atoms with E-state index in [1.807, 2.05) is 30.3 Å². The van der Waals surface area contributed by atoms with Gasteiger partial charge in [0, 0.05) is 0 Å². The van der Waals surface area contributed by atoms with Crippen LogP contribution >= 0.6 is 11.8 Å². The van der Waals surface area contributed by atoms with E-state index in [1.165, 1.54) is 18.1 Å². The number of ether oxygens (including phenoxy) is 1. The van der Waals surface area contributed by atoms with Gasteiger partial charge < -0.3 is 4.74 Å². The molecule has 1 atom stereocenters. The molecule has 23 heavy (non-hydrogen) atoms. The number of thioether (sulfide) groups is 1. The number of nitrogens with zero attached hydrogens (tertiary/aromatic N) is 4. The summed E-state index contributed by atoms with van der Waals surface area (Å²) in [7, 11) is 0. The molecule has 0 spiro atoms. The zero-order valence-electron chi connectivity index (χ0n) is 12.8. The predicted octanol–water partition coefficient (Wildman–Crippen LogP) is 2.86. The second-order valence-electron chi connectivity index (χ2n) is 4.82. The third-order valence-corrected chi connectivity index (χ3v) is 4.33. The Bertz CT molecular complexity index is 819. The molecule has 6 nitrogen and oxygen atoms in total. The standard InChI is InChI=1S/C16H16N4O2S/c1-3-22-16(21)11(2)23-15-13-9-19-20(14(13)17-10-18-15)12-7-5-4-6-8-12/h4-11H,3H2,1-2H3. The van der Waals surface area contributed by atoms with Gasteiger partial charge in [0.2, 0.25) is 0 Å². The zero-order valence-corrected chi connectivity index (χ0v) is 13.7. The summed E-state index contributed by atoms with van der Waals surface area (Å²) in [4.78, 5) is 20.4. The monoisotopic (exact) mass is 328 g/mol. The van der Waals surface area contributed by atoms with Crippen LogP contribution in [-0.2, 0) is 9.53 Å². The summed E-state index contributed by atoms with van der Waals surface area (Å²) in [5.74, 6) is -0.250. The van der Waals surface area contributed by atoms with Crippen LogP contribution in [0.3, 0.4) is 0 Å². The maximum atomic E-state index is 11.8. The molecule has 0 saturated heterocycles. The van der Waals surface area contributed by atoms with E-state index in [1.54, 1.807) is 24.7 Å². The molecule has 1 aromatic carbocycles. The van der Waals surface area contributed by atoms with Gasteiger partial charge >= 0.3 is 5.97 Å². The number of hydrogen-bond acceptors (Lipinski definition) is 6. The van der Waals surface area contributed by atoms with Gasteiger partial charge in [-0.1, -0.05) is 30.0 Å². The van der Waals surface area contributed by atoms with Crippen LogP contribution in [-0.4, -0.2) is 37.6 Å². The van der Waals surface area contributed by atoms with Crippen molar-refractivity contribution in [3.05, 3.63) is 42.9 Å². The van der Waals surface area contributed by atoms with Gasteiger partial charge in [-0.15, -0.1) is 0 Å². The lowest BCUT2D eigenvalue weighted by molar-refractivity contribution is -0.142. The first-order chi connectivity index (χ1) is 11.2. The second kappa shape index (κ2) is 6.78. The van der Waals surface area contributed by atoms with Crippen molar-refractivity contribution in [1.82, 2.24) is 19.7 Å². The molecule has 0 aliphatic heterocycles. The summed E-state index contributed by atoms with van der Waals surface area (Å²) < 4.78 is 6.80. The molecule has 3 aromatic rings. The van der Waals surface area contributed by atoms with Gasteiger partial charge in [0.1, 0.15) is 16.6 Å². The van der Waals surface area contributed by atoms with E-state index in [2.05, 4.69) is 15.1 Å². The first kappa shape index (κ1) is 15.5. The molecule has 0 N–H and O–H groups in total. The van der Waals surface area contributed by atoms with Crippen LogP contribution in [0.25, 0.3) is 16.7 Å². The van der Waals surface area contributed by atoms with E-state index >= 15 is 0 Å². The number of esters is 1. The fourth-order valence-electron chi connectivity index (χ4n) is 2.15. The molecule has 2 heterocycles. The quantitative estimate of drug-likeness (QED) is 0.407. The molecule has 0 fully saturated rings. The minimum atomic E-state index is -0.340. The van der Waals surface area contributed by atoms with Gasteiger partial charge in [-0.05, 0) is 26.0 Å². The topological polar surface area (TPSA) is 69.9 Å². The Morgan fingerprint density at radius 2 is 2.09 bits per heavy atom. The molecule has 0 aliphatic carbocycles. The number of rotatable bonds is 5. The molecule has 0 bridgehead atoms. The molecule has 0 saturated carbocycles. The average molecular weight is 328 g/mol. The fraction of sp³-hybridized carbons (Fsp3) is 0.250. The van der Waals surface area contributed by atoms with Crippen molar-refractivity contribution in [2.45, 2.75) is 24.1 Å². The van der Waals surface area contributed by atoms with Crippen LogP contribution in [0.1, 0.15) is 13.8 Å². The summed E-state index contributed by atoms with van der Waals surface area (Å²) in [5, 5.41) is 5.60. The number of fused-ring (bicyclic) bond motifs is 1. The molecule has 0 amide bonds. The van der Waals surface area contributed by atoms with Gasteiger partial charge in [0.15, 0.2) is 5.65 Å². The number of carbonyl (C=O) groups is 1. The number of para-hydroxylation sites is 1. The summed E-state index contributed by atoms with van der Waals surface area (Å²) in [6.07, 6.45) is 3.21. The van der Waals surface area contributed by atoms with Crippen molar-refractivity contribution >= 4 is 28.8 Å². The molecule has 3 rings (SSSR count). The van der Waals surface area contributed by atoms with E-state index in [4.69, 9.17) is 4.74 Å². The van der Waals surface area contributed by atoms with Crippen molar-refractivity contribution in [3.63, 3.8) is 0 Å². The summed E-state index contributed by atoms with van der Waals surface area (Å²) in [5.41, 5.74) is 1.64. The van der Waals surface area contributed by atoms with Crippen LogP contribution in [0.15, 0.2) is 47.9 Å². The Hall–Kier alpha value is -2.41. The molecule has 2 aromatic heterocycles.